The molecule has 0 atom stereocenters. The summed E-state index contributed by atoms with van der Waals surface area (Å²) >= 11 is 7.00. The second kappa shape index (κ2) is 6.67. The van der Waals surface area contributed by atoms with Crippen molar-refractivity contribution < 1.29 is 0 Å². The van der Waals surface area contributed by atoms with Crippen molar-refractivity contribution in [1.82, 2.24) is 0 Å². The molecule has 0 spiro atoms. The Balaban J connectivity index is 2.10. The van der Waals surface area contributed by atoms with E-state index >= 15 is 0 Å². The molecule has 3 heteroatoms. The van der Waals surface area contributed by atoms with Gasteiger partial charge in [-0.05, 0) is 67.6 Å². The smallest absolute Gasteiger partial charge is 0.0462 e. The van der Waals surface area contributed by atoms with Gasteiger partial charge in [0.15, 0.2) is 0 Å². The molecule has 3 rings (SSSR count). The quantitative estimate of drug-likeness (QED) is 0.444. The van der Waals surface area contributed by atoms with Crippen LogP contribution in [0, 0.1) is 6.92 Å². The minimum absolute atomic E-state index is 1.08. The Bertz CT molecular complexity index is 639. The third-order valence-corrected chi connectivity index (χ3v) is 4.52. The summed E-state index contributed by atoms with van der Waals surface area (Å²) in [5.41, 5.74) is 4.68. The van der Waals surface area contributed by atoms with Gasteiger partial charge in [0.1, 0.15) is 0 Å². The van der Waals surface area contributed by atoms with Crippen LogP contribution in [0.3, 0.4) is 0 Å². The lowest BCUT2D eigenvalue weighted by Gasteiger charge is -2.25. The molecule has 22 heavy (non-hydrogen) atoms. The van der Waals surface area contributed by atoms with Crippen molar-refractivity contribution in [3.8, 4) is 0 Å². The monoisotopic (exact) mass is 415 g/mol. The van der Waals surface area contributed by atoms with E-state index in [1.54, 1.807) is 0 Å². The number of benzene rings is 3. The predicted molar refractivity (Wildman–Crippen MR) is 101 cm³/mol. The van der Waals surface area contributed by atoms with Gasteiger partial charge in [0.05, 0.1) is 0 Å². The van der Waals surface area contributed by atoms with Crippen molar-refractivity contribution >= 4 is 48.9 Å². The zero-order valence-electron chi connectivity index (χ0n) is 12.1. The van der Waals surface area contributed by atoms with Crippen LogP contribution in [0.2, 0.25) is 0 Å². The van der Waals surface area contributed by atoms with Crippen LogP contribution in [0.15, 0.2) is 81.7 Å². The first-order valence-electron chi connectivity index (χ1n) is 7.01. The van der Waals surface area contributed by atoms with E-state index in [9.17, 15) is 0 Å². The van der Waals surface area contributed by atoms with Crippen LogP contribution in [0.25, 0.3) is 0 Å². The average molecular weight is 417 g/mol. The van der Waals surface area contributed by atoms with Crippen molar-refractivity contribution in [2.75, 3.05) is 4.90 Å². The standard InChI is InChI=1S/C19H15Br2N/c1-14-2-8-17(9-3-14)22(18-10-4-15(20)5-11-18)19-12-6-16(21)7-13-19/h2-13H,1H3. The van der Waals surface area contributed by atoms with Crippen molar-refractivity contribution in [1.29, 1.82) is 0 Å². The molecular weight excluding hydrogens is 402 g/mol. The second-order valence-corrected chi connectivity index (χ2v) is 6.96. The first-order chi connectivity index (χ1) is 10.6. The van der Waals surface area contributed by atoms with Crippen molar-refractivity contribution in [3.63, 3.8) is 0 Å². The molecule has 0 heterocycles. The maximum atomic E-state index is 3.50. The second-order valence-electron chi connectivity index (χ2n) is 5.12. The van der Waals surface area contributed by atoms with E-state index in [4.69, 9.17) is 0 Å². The molecule has 0 amide bonds. The van der Waals surface area contributed by atoms with Crippen molar-refractivity contribution in [3.05, 3.63) is 87.3 Å². The molecule has 0 aliphatic heterocycles. The van der Waals surface area contributed by atoms with E-state index in [1.165, 1.54) is 5.56 Å². The van der Waals surface area contributed by atoms with Crippen molar-refractivity contribution in [2.24, 2.45) is 0 Å². The molecule has 110 valence electrons. The Hall–Kier alpha value is -1.58. The highest BCUT2D eigenvalue weighted by Gasteiger charge is 2.11. The lowest BCUT2D eigenvalue weighted by Crippen LogP contribution is -2.09. The highest BCUT2D eigenvalue weighted by Crippen LogP contribution is 2.35. The number of nitrogens with zero attached hydrogens (tertiary/aromatic N) is 1. The summed E-state index contributed by atoms with van der Waals surface area (Å²) in [5, 5.41) is 0. The van der Waals surface area contributed by atoms with Gasteiger partial charge in [0, 0.05) is 26.0 Å². The number of halogens is 2. The maximum Gasteiger partial charge on any atom is 0.0462 e. The molecule has 0 aromatic heterocycles. The summed E-state index contributed by atoms with van der Waals surface area (Å²) in [6, 6.07) is 25.3. The van der Waals surface area contributed by atoms with Gasteiger partial charge in [-0.3, -0.25) is 0 Å². The van der Waals surface area contributed by atoms with E-state index in [-0.39, 0.29) is 0 Å². The fraction of sp³-hybridized carbons (Fsp3) is 0.0526. The molecule has 0 aliphatic carbocycles. The lowest BCUT2D eigenvalue weighted by atomic mass is 10.1. The zero-order chi connectivity index (χ0) is 15.5. The molecule has 0 aliphatic rings. The van der Waals surface area contributed by atoms with Gasteiger partial charge in [-0.25, -0.2) is 0 Å². The number of aryl methyl sites for hydroxylation is 1. The SMILES string of the molecule is Cc1ccc(N(c2ccc(Br)cc2)c2ccc(Br)cc2)cc1. The Morgan fingerprint density at radius 2 is 0.864 bits per heavy atom. The fourth-order valence-corrected chi connectivity index (χ4v) is 2.85. The molecule has 0 radical (unpaired) electrons. The van der Waals surface area contributed by atoms with Gasteiger partial charge in [0.25, 0.3) is 0 Å². The van der Waals surface area contributed by atoms with Crippen LogP contribution in [-0.2, 0) is 0 Å². The number of anilines is 3. The Kier molecular flexibility index (Phi) is 4.65. The van der Waals surface area contributed by atoms with Gasteiger partial charge in [-0.15, -0.1) is 0 Å². The van der Waals surface area contributed by atoms with Gasteiger partial charge in [-0.1, -0.05) is 49.6 Å². The largest absolute Gasteiger partial charge is 0.311 e. The highest BCUT2D eigenvalue weighted by molar-refractivity contribution is 9.10. The summed E-state index contributed by atoms with van der Waals surface area (Å²) < 4.78 is 2.16. The summed E-state index contributed by atoms with van der Waals surface area (Å²) in [6.07, 6.45) is 0. The molecule has 3 aromatic carbocycles. The summed E-state index contributed by atoms with van der Waals surface area (Å²) in [5.74, 6) is 0. The molecule has 0 saturated heterocycles. The fourth-order valence-electron chi connectivity index (χ4n) is 2.32. The van der Waals surface area contributed by atoms with Gasteiger partial charge >= 0.3 is 0 Å². The van der Waals surface area contributed by atoms with Gasteiger partial charge < -0.3 is 4.90 Å². The van der Waals surface area contributed by atoms with Crippen LogP contribution >= 0.6 is 31.9 Å². The van der Waals surface area contributed by atoms with E-state index in [0.29, 0.717) is 0 Å². The summed E-state index contributed by atoms with van der Waals surface area (Å²) in [6.45, 7) is 2.10. The third kappa shape index (κ3) is 3.42. The first-order valence-corrected chi connectivity index (χ1v) is 8.60. The molecule has 0 saturated carbocycles. The number of hydrogen-bond acceptors (Lipinski definition) is 1. The van der Waals surface area contributed by atoms with Crippen LogP contribution in [0.1, 0.15) is 5.56 Å². The van der Waals surface area contributed by atoms with E-state index in [1.807, 2.05) is 0 Å². The summed E-state index contributed by atoms with van der Waals surface area (Å²) in [4.78, 5) is 2.25. The lowest BCUT2D eigenvalue weighted by molar-refractivity contribution is 1.27. The third-order valence-electron chi connectivity index (χ3n) is 3.46. The van der Waals surface area contributed by atoms with Crippen LogP contribution < -0.4 is 4.90 Å². The molecule has 0 bridgehead atoms. The number of hydrogen-bond donors (Lipinski definition) is 0. The van der Waals surface area contributed by atoms with Crippen molar-refractivity contribution in [2.45, 2.75) is 6.92 Å². The van der Waals surface area contributed by atoms with Gasteiger partial charge in [-0.2, -0.15) is 0 Å². The van der Waals surface area contributed by atoms with E-state index < -0.39 is 0 Å². The Labute approximate surface area is 147 Å². The molecule has 0 N–H and O–H groups in total. The molecule has 0 unspecified atom stereocenters. The average Bonchev–Trinajstić information content (AvgIpc) is 2.53. The van der Waals surface area contributed by atoms with Crippen LogP contribution in [0.5, 0.6) is 0 Å². The molecule has 1 nitrogen and oxygen atoms in total. The maximum absolute atomic E-state index is 3.50. The van der Waals surface area contributed by atoms with Crippen LogP contribution in [-0.4, -0.2) is 0 Å². The topological polar surface area (TPSA) is 3.24 Å². The van der Waals surface area contributed by atoms with E-state index in [2.05, 4.69) is 116 Å². The normalized spacial score (nSPS) is 10.5. The Morgan fingerprint density at radius 1 is 0.545 bits per heavy atom. The van der Waals surface area contributed by atoms with Gasteiger partial charge in [0.2, 0.25) is 0 Å². The molecule has 3 aromatic rings. The highest BCUT2D eigenvalue weighted by atomic mass is 79.9. The zero-order valence-corrected chi connectivity index (χ0v) is 15.3. The Morgan fingerprint density at radius 3 is 1.23 bits per heavy atom. The molecule has 0 fully saturated rings. The minimum atomic E-state index is 1.08. The minimum Gasteiger partial charge on any atom is -0.311 e. The molecular formula is C19H15Br2N. The first kappa shape index (κ1) is 15.3. The summed E-state index contributed by atoms with van der Waals surface area (Å²) in [7, 11) is 0. The van der Waals surface area contributed by atoms with E-state index in [0.717, 1.165) is 26.0 Å². The number of rotatable bonds is 3. The predicted octanol–water partition coefficient (Wildman–Crippen LogP) is 6.99. The van der Waals surface area contributed by atoms with Crippen LogP contribution in [0.4, 0.5) is 17.1 Å².